The van der Waals surface area contributed by atoms with Gasteiger partial charge in [0.25, 0.3) is 0 Å². The smallest absolute Gasteiger partial charge is 0.0909 e. The molecule has 1 aliphatic heterocycles. The van der Waals surface area contributed by atoms with Crippen LogP contribution < -0.4 is 9.80 Å². The molecule has 1 heterocycles. The molecule has 1 fully saturated rings. The van der Waals surface area contributed by atoms with E-state index in [2.05, 4.69) is 149 Å². The summed E-state index contributed by atoms with van der Waals surface area (Å²) in [5, 5.41) is 0. The Kier molecular flexibility index (Phi) is 7.08. The summed E-state index contributed by atoms with van der Waals surface area (Å²) in [5.74, 6) is 0.374. The van der Waals surface area contributed by atoms with Crippen molar-refractivity contribution < 1.29 is 4.74 Å². The molecule has 0 unspecified atom stereocenters. The number of aryl methyl sites for hydroxylation is 2. The van der Waals surface area contributed by atoms with Crippen molar-refractivity contribution in [2.75, 3.05) is 38.0 Å². The predicted molar refractivity (Wildman–Crippen MR) is 156 cm³/mol. The lowest BCUT2D eigenvalue weighted by molar-refractivity contribution is 0.0367. The van der Waals surface area contributed by atoms with Gasteiger partial charge < -0.3 is 14.5 Å². The Balaban J connectivity index is 1.65. The van der Waals surface area contributed by atoms with E-state index in [9.17, 15) is 0 Å². The van der Waals surface area contributed by atoms with Gasteiger partial charge in [-0.05, 0) is 60.4 Å². The third-order valence-electron chi connectivity index (χ3n) is 7.73. The summed E-state index contributed by atoms with van der Waals surface area (Å²) in [6.45, 7) is 4.30. The van der Waals surface area contributed by atoms with Crippen LogP contribution in [0, 0.1) is 13.8 Å². The molecule has 0 aromatic heterocycles. The lowest BCUT2D eigenvalue weighted by Crippen LogP contribution is -2.14. The average Bonchev–Trinajstić information content (AvgIpc) is 3.30. The lowest BCUT2D eigenvalue weighted by Gasteiger charge is -2.26. The van der Waals surface area contributed by atoms with Gasteiger partial charge in [0.1, 0.15) is 0 Å². The molecule has 3 heteroatoms. The van der Waals surface area contributed by atoms with Crippen LogP contribution in [0.25, 0.3) is 0 Å². The van der Waals surface area contributed by atoms with Gasteiger partial charge in [-0.25, -0.2) is 0 Å². The zero-order chi connectivity index (χ0) is 26.1. The van der Waals surface area contributed by atoms with Gasteiger partial charge in [-0.15, -0.1) is 0 Å². The van der Waals surface area contributed by atoms with Gasteiger partial charge in [0.15, 0.2) is 0 Å². The van der Waals surface area contributed by atoms with E-state index < -0.39 is 0 Å². The van der Waals surface area contributed by atoms with Gasteiger partial charge in [0, 0.05) is 51.4 Å². The Morgan fingerprint density at radius 2 is 0.730 bits per heavy atom. The van der Waals surface area contributed by atoms with Crippen LogP contribution in [0.4, 0.5) is 11.4 Å². The van der Waals surface area contributed by atoms with Crippen LogP contribution in [0.3, 0.4) is 0 Å². The molecule has 190 valence electrons. The highest BCUT2D eigenvalue weighted by Gasteiger charge is 2.47. The minimum atomic E-state index is -0.0521. The Morgan fingerprint density at radius 1 is 0.432 bits per heavy atom. The van der Waals surface area contributed by atoms with Crippen molar-refractivity contribution in [3.8, 4) is 0 Å². The molecular formula is C34H38N2O. The molecule has 3 nitrogen and oxygen atoms in total. The molecule has 4 atom stereocenters. The summed E-state index contributed by atoms with van der Waals surface area (Å²) in [5.41, 5.74) is 10.0. The summed E-state index contributed by atoms with van der Waals surface area (Å²) in [6.07, 6.45) is -0.104. The first-order chi connectivity index (χ1) is 17.8. The van der Waals surface area contributed by atoms with Gasteiger partial charge >= 0.3 is 0 Å². The minimum Gasteiger partial charge on any atom is -0.378 e. The molecule has 0 radical (unpaired) electrons. The number of nitrogens with zero attached hydrogens (tertiary/aromatic N) is 2. The first-order valence-corrected chi connectivity index (χ1v) is 13.1. The second-order valence-electron chi connectivity index (χ2n) is 10.8. The van der Waals surface area contributed by atoms with Crippen LogP contribution in [-0.2, 0) is 4.74 Å². The maximum Gasteiger partial charge on any atom is 0.0909 e. The summed E-state index contributed by atoms with van der Waals surface area (Å²) in [4.78, 5) is 4.28. The molecule has 0 bridgehead atoms. The van der Waals surface area contributed by atoms with Crippen LogP contribution >= 0.6 is 0 Å². The van der Waals surface area contributed by atoms with E-state index in [-0.39, 0.29) is 24.0 Å². The molecular weight excluding hydrogens is 452 g/mol. The minimum absolute atomic E-state index is 0.0521. The van der Waals surface area contributed by atoms with Crippen molar-refractivity contribution in [3.05, 3.63) is 130 Å². The second kappa shape index (κ2) is 10.4. The normalized spacial score (nSPS) is 21.1. The standard InChI is InChI=1S/C34H38N2O/c1-23-7-11-25(12-8-23)31-32(26-13-9-24(2)10-14-26)34(28-17-21-30(22-18-28)36(5)6)37-33(31)27-15-19-29(20-16-27)35(3)4/h7-22,31-34H,1-6H3/t31-,32+,33+,34-. The van der Waals surface area contributed by atoms with Crippen molar-refractivity contribution in [1.82, 2.24) is 0 Å². The number of benzene rings is 4. The van der Waals surface area contributed by atoms with E-state index in [1.807, 2.05) is 0 Å². The zero-order valence-corrected chi connectivity index (χ0v) is 22.8. The molecule has 37 heavy (non-hydrogen) atoms. The van der Waals surface area contributed by atoms with Crippen molar-refractivity contribution in [2.24, 2.45) is 0 Å². The maximum absolute atomic E-state index is 7.10. The van der Waals surface area contributed by atoms with E-state index >= 15 is 0 Å². The summed E-state index contributed by atoms with van der Waals surface area (Å²) < 4.78 is 7.10. The molecule has 0 N–H and O–H groups in total. The third kappa shape index (κ3) is 5.14. The van der Waals surface area contributed by atoms with E-state index in [0.29, 0.717) is 0 Å². The van der Waals surface area contributed by atoms with Crippen LogP contribution in [0.2, 0.25) is 0 Å². The first kappa shape index (κ1) is 25.1. The quantitative estimate of drug-likeness (QED) is 0.274. The molecule has 0 aliphatic carbocycles. The molecule has 0 saturated carbocycles. The van der Waals surface area contributed by atoms with Crippen molar-refractivity contribution in [1.29, 1.82) is 0 Å². The van der Waals surface area contributed by atoms with Crippen LogP contribution in [-0.4, -0.2) is 28.2 Å². The van der Waals surface area contributed by atoms with Crippen LogP contribution in [0.15, 0.2) is 97.1 Å². The van der Waals surface area contributed by atoms with Crippen molar-refractivity contribution in [2.45, 2.75) is 37.9 Å². The predicted octanol–water partition coefficient (Wildman–Crippen LogP) is 7.82. The van der Waals surface area contributed by atoms with E-state index in [1.165, 1.54) is 44.8 Å². The number of hydrogen-bond donors (Lipinski definition) is 0. The number of rotatable bonds is 6. The Morgan fingerprint density at radius 3 is 1.03 bits per heavy atom. The largest absolute Gasteiger partial charge is 0.378 e. The second-order valence-corrected chi connectivity index (χ2v) is 10.8. The summed E-state index contributed by atoms with van der Waals surface area (Å²) in [6, 6.07) is 35.9. The fourth-order valence-electron chi connectivity index (χ4n) is 5.54. The fraction of sp³-hybridized carbons (Fsp3) is 0.294. The monoisotopic (exact) mass is 490 g/mol. The lowest BCUT2D eigenvalue weighted by atomic mass is 9.75. The molecule has 4 aromatic rings. The molecule has 0 spiro atoms. The van der Waals surface area contributed by atoms with E-state index in [0.717, 1.165) is 0 Å². The van der Waals surface area contributed by atoms with Gasteiger partial charge in [0.2, 0.25) is 0 Å². The van der Waals surface area contributed by atoms with E-state index in [4.69, 9.17) is 4.74 Å². The summed E-state index contributed by atoms with van der Waals surface area (Å²) in [7, 11) is 8.32. The Bertz CT molecular complexity index is 1200. The molecule has 4 aromatic carbocycles. The van der Waals surface area contributed by atoms with Crippen LogP contribution in [0.1, 0.15) is 57.4 Å². The molecule has 1 aliphatic rings. The fourth-order valence-corrected chi connectivity index (χ4v) is 5.54. The van der Waals surface area contributed by atoms with Crippen molar-refractivity contribution in [3.63, 3.8) is 0 Å². The molecule has 5 rings (SSSR count). The van der Waals surface area contributed by atoms with Crippen LogP contribution in [0.5, 0.6) is 0 Å². The SMILES string of the molecule is Cc1ccc([C@@H]2[C@H](c3ccc(C)cc3)[C@@H](c3ccc(N(C)C)cc3)O[C@H]2c2ccc(N(C)C)cc2)cc1. The topological polar surface area (TPSA) is 15.7 Å². The van der Waals surface area contributed by atoms with Gasteiger partial charge in [-0.3, -0.25) is 0 Å². The number of hydrogen-bond acceptors (Lipinski definition) is 3. The third-order valence-corrected chi connectivity index (χ3v) is 7.73. The molecule has 1 saturated heterocycles. The van der Waals surface area contributed by atoms with E-state index in [1.54, 1.807) is 0 Å². The van der Waals surface area contributed by atoms with Crippen molar-refractivity contribution >= 4 is 11.4 Å². The average molecular weight is 491 g/mol. The highest BCUT2D eigenvalue weighted by molar-refractivity contribution is 5.50. The summed E-state index contributed by atoms with van der Waals surface area (Å²) >= 11 is 0. The van der Waals surface area contributed by atoms with Gasteiger partial charge in [-0.1, -0.05) is 83.9 Å². The number of anilines is 2. The zero-order valence-electron chi connectivity index (χ0n) is 22.8. The van der Waals surface area contributed by atoms with Gasteiger partial charge in [-0.2, -0.15) is 0 Å². The van der Waals surface area contributed by atoms with Gasteiger partial charge in [0.05, 0.1) is 12.2 Å². The highest BCUT2D eigenvalue weighted by Crippen LogP contribution is 2.58. The Labute approximate surface area is 222 Å². The first-order valence-electron chi connectivity index (χ1n) is 13.1. The highest BCUT2D eigenvalue weighted by atomic mass is 16.5. The number of ether oxygens (including phenoxy) is 1. The molecule has 0 amide bonds. The Hall–Kier alpha value is -3.56. The maximum atomic E-state index is 7.10.